The molecular weight excluding hydrogens is 262 g/mol. The molecule has 84 valence electrons. The molecule has 1 nitrogen and oxygen atoms in total. The number of benzene rings is 1. The SMILES string of the molecule is CC(C)c1ccc(-c2ccc(Br)n2C)cc1. The molecule has 16 heavy (non-hydrogen) atoms. The summed E-state index contributed by atoms with van der Waals surface area (Å²) in [5.41, 5.74) is 3.89. The third-order valence-corrected chi connectivity index (χ3v) is 3.73. The summed E-state index contributed by atoms with van der Waals surface area (Å²) in [6, 6.07) is 13.0. The maximum absolute atomic E-state index is 3.51. The lowest BCUT2D eigenvalue weighted by Gasteiger charge is -2.08. The lowest BCUT2D eigenvalue weighted by atomic mass is 10.0. The Morgan fingerprint density at radius 1 is 1.00 bits per heavy atom. The monoisotopic (exact) mass is 277 g/mol. The van der Waals surface area contributed by atoms with Crippen molar-refractivity contribution in [2.45, 2.75) is 19.8 Å². The van der Waals surface area contributed by atoms with E-state index in [9.17, 15) is 0 Å². The summed E-state index contributed by atoms with van der Waals surface area (Å²) in [5.74, 6) is 0.592. The van der Waals surface area contributed by atoms with Gasteiger partial charge in [0.25, 0.3) is 0 Å². The van der Waals surface area contributed by atoms with Crippen molar-refractivity contribution in [1.82, 2.24) is 4.57 Å². The molecule has 0 spiro atoms. The zero-order valence-electron chi connectivity index (χ0n) is 9.87. The summed E-state index contributed by atoms with van der Waals surface area (Å²) in [6.07, 6.45) is 0. The van der Waals surface area contributed by atoms with Gasteiger partial charge in [-0.2, -0.15) is 0 Å². The molecule has 0 aliphatic rings. The molecule has 0 aliphatic carbocycles. The van der Waals surface area contributed by atoms with Gasteiger partial charge < -0.3 is 4.57 Å². The average molecular weight is 278 g/mol. The molecule has 0 radical (unpaired) electrons. The van der Waals surface area contributed by atoms with Crippen molar-refractivity contribution in [1.29, 1.82) is 0 Å². The van der Waals surface area contributed by atoms with Crippen LogP contribution in [0, 0.1) is 0 Å². The van der Waals surface area contributed by atoms with E-state index >= 15 is 0 Å². The Hall–Kier alpha value is -1.02. The second-order valence-corrected chi connectivity index (χ2v) is 5.19. The van der Waals surface area contributed by atoms with Gasteiger partial charge in [-0.05, 0) is 45.1 Å². The van der Waals surface area contributed by atoms with E-state index in [0.717, 1.165) is 4.60 Å². The number of hydrogen-bond acceptors (Lipinski definition) is 0. The van der Waals surface area contributed by atoms with Crippen LogP contribution in [-0.2, 0) is 7.05 Å². The van der Waals surface area contributed by atoms with Crippen LogP contribution in [0.4, 0.5) is 0 Å². The fraction of sp³-hybridized carbons (Fsp3) is 0.286. The molecule has 2 heteroatoms. The van der Waals surface area contributed by atoms with Gasteiger partial charge in [-0.1, -0.05) is 38.1 Å². The first-order valence-corrected chi connectivity index (χ1v) is 6.30. The van der Waals surface area contributed by atoms with Crippen molar-refractivity contribution in [2.75, 3.05) is 0 Å². The highest BCUT2D eigenvalue weighted by atomic mass is 79.9. The molecule has 0 saturated carbocycles. The minimum absolute atomic E-state index is 0.592. The molecule has 2 aromatic rings. The highest BCUT2D eigenvalue weighted by Crippen LogP contribution is 2.25. The smallest absolute Gasteiger partial charge is 0.0848 e. The van der Waals surface area contributed by atoms with Crippen molar-refractivity contribution < 1.29 is 0 Å². The van der Waals surface area contributed by atoms with Gasteiger partial charge in [0.1, 0.15) is 0 Å². The Morgan fingerprint density at radius 3 is 2.06 bits per heavy atom. The molecule has 2 rings (SSSR count). The van der Waals surface area contributed by atoms with Crippen LogP contribution in [0.25, 0.3) is 11.3 Å². The zero-order chi connectivity index (χ0) is 11.7. The molecule has 0 aliphatic heterocycles. The van der Waals surface area contributed by atoms with Gasteiger partial charge in [-0.25, -0.2) is 0 Å². The predicted molar refractivity (Wildman–Crippen MR) is 72.6 cm³/mol. The first-order valence-electron chi connectivity index (χ1n) is 5.51. The Bertz CT molecular complexity index is 480. The van der Waals surface area contributed by atoms with Crippen LogP contribution in [0.2, 0.25) is 0 Å². The maximum atomic E-state index is 3.51. The standard InChI is InChI=1S/C14H16BrN/c1-10(2)11-4-6-12(7-5-11)13-8-9-14(15)16(13)3/h4-10H,1-3H3. The van der Waals surface area contributed by atoms with Gasteiger partial charge in [0.05, 0.1) is 4.60 Å². The van der Waals surface area contributed by atoms with Crippen LogP contribution in [0.5, 0.6) is 0 Å². The highest BCUT2D eigenvalue weighted by molar-refractivity contribution is 9.10. The molecule has 0 atom stereocenters. The maximum Gasteiger partial charge on any atom is 0.0848 e. The van der Waals surface area contributed by atoms with Crippen molar-refractivity contribution >= 4 is 15.9 Å². The summed E-state index contributed by atoms with van der Waals surface area (Å²) in [4.78, 5) is 0. The van der Waals surface area contributed by atoms with E-state index < -0.39 is 0 Å². The molecule has 0 unspecified atom stereocenters. The molecule has 1 heterocycles. The largest absolute Gasteiger partial charge is 0.338 e. The summed E-state index contributed by atoms with van der Waals surface area (Å²) in [6.45, 7) is 4.43. The second-order valence-electron chi connectivity index (χ2n) is 4.38. The molecule has 0 bridgehead atoms. The fourth-order valence-electron chi connectivity index (χ4n) is 1.82. The van der Waals surface area contributed by atoms with Crippen molar-refractivity contribution in [3.8, 4) is 11.3 Å². The van der Waals surface area contributed by atoms with Gasteiger partial charge in [-0.15, -0.1) is 0 Å². The van der Waals surface area contributed by atoms with E-state index in [0.29, 0.717) is 5.92 Å². The summed E-state index contributed by atoms with van der Waals surface area (Å²) in [5, 5.41) is 0. The van der Waals surface area contributed by atoms with Gasteiger partial charge in [0.2, 0.25) is 0 Å². The predicted octanol–water partition coefficient (Wildman–Crippen LogP) is 4.58. The minimum atomic E-state index is 0.592. The molecule has 0 saturated heterocycles. The molecule has 0 fully saturated rings. The van der Waals surface area contributed by atoms with E-state index in [1.807, 2.05) is 0 Å². The number of rotatable bonds is 2. The van der Waals surface area contributed by atoms with E-state index in [1.54, 1.807) is 0 Å². The Labute approximate surface area is 105 Å². The summed E-state index contributed by atoms with van der Waals surface area (Å²) in [7, 11) is 2.07. The van der Waals surface area contributed by atoms with Crippen LogP contribution in [0.15, 0.2) is 41.0 Å². The van der Waals surface area contributed by atoms with Crippen LogP contribution in [0.1, 0.15) is 25.3 Å². The Balaban J connectivity index is 2.38. The third-order valence-electron chi connectivity index (χ3n) is 2.93. The zero-order valence-corrected chi connectivity index (χ0v) is 11.5. The van der Waals surface area contributed by atoms with Crippen molar-refractivity contribution in [3.63, 3.8) is 0 Å². The lowest BCUT2D eigenvalue weighted by molar-refractivity contribution is 0.866. The lowest BCUT2D eigenvalue weighted by Crippen LogP contribution is -1.92. The van der Waals surface area contributed by atoms with Crippen LogP contribution in [-0.4, -0.2) is 4.57 Å². The molecule has 0 amide bonds. The van der Waals surface area contributed by atoms with Crippen LogP contribution < -0.4 is 0 Å². The molecule has 1 aromatic heterocycles. The van der Waals surface area contributed by atoms with E-state index in [2.05, 4.69) is 77.8 Å². The van der Waals surface area contributed by atoms with Gasteiger partial charge in [0, 0.05) is 12.7 Å². The second kappa shape index (κ2) is 4.46. The summed E-state index contributed by atoms with van der Waals surface area (Å²) < 4.78 is 3.25. The molecular formula is C14H16BrN. The Morgan fingerprint density at radius 2 is 1.62 bits per heavy atom. The van der Waals surface area contributed by atoms with Crippen LogP contribution in [0.3, 0.4) is 0 Å². The van der Waals surface area contributed by atoms with Gasteiger partial charge in [0.15, 0.2) is 0 Å². The third kappa shape index (κ3) is 2.07. The quantitative estimate of drug-likeness (QED) is 0.757. The number of halogens is 1. The number of hydrogen-bond donors (Lipinski definition) is 0. The average Bonchev–Trinajstić information content (AvgIpc) is 2.60. The normalized spacial score (nSPS) is 11.1. The van der Waals surface area contributed by atoms with Gasteiger partial charge >= 0.3 is 0 Å². The van der Waals surface area contributed by atoms with Crippen molar-refractivity contribution in [3.05, 3.63) is 46.6 Å². The number of aromatic nitrogens is 1. The van der Waals surface area contributed by atoms with E-state index in [-0.39, 0.29) is 0 Å². The van der Waals surface area contributed by atoms with E-state index in [1.165, 1.54) is 16.8 Å². The van der Waals surface area contributed by atoms with Crippen LogP contribution >= 0.6 is 15.9 Å². The van der Waals surface area contributed by atoms with E-state index in [4.69, 9.17) is 0 Å². The van der Waals surface area contributed by atoms with Gasteiger partial charge in [-0.3, -0.25) is 0 Å². The topological polar surface area (TPSA) is 4.93 Å². The minimum Gasteiger partial charge on any atom is -0.338 e. The molecule has 0 N–H and O–H groups in total. The molecule has 1 aromatic carbocycles. The highest BCUT2D eigenvalue weighted by Gasteiger charge is 2.05. The van der Waals surface area contributed by atoms with Crippen molar-refractivity contribution in [2.24, 2.45) is 7.05 Å². The number of nitrogens with zero attached hydrogens (tertiary/aromatic N) is 1. The summed E-state index contributed by atoms with van der Waals surface area (Å²) >= 11 is 3.51. The fourth-order valence-corrected chi connectivity index (χ4v) is 2.14. The first-order chi connectivity index (χ1) is 7.59. The first kappa shape index (κ1) is 11.5. The Kier molecular flexibility index (Phi) is 3.20.